The summed E-state index contributed by atoms with van der Waals surface area (Å²) in [5.74, 6) is 0. The minimum absolute atomic E-state index is 0.204. The van der Waals surface area contributed by atoms with Crippen LogP contribution in [0.5, 0.6) is 0 Å². The molecule has 3 aromatic carbocycles. The summed E-state index contributed by atoms with van der Waals surface area (Å²) in [5.41, 5.74) is 0.915. The van der Waals surface area contributed by atoms with Gasteiger partial charge in [-0.1, -0.05) is 60.7 Å². The molecular formula is C22H22N2O4S. The standard InChI is InChI=1S/C22H22N2O4S/c25-22(28-17-18-6-2-1-3-7-18)23-12-14-24(15-13-23)29(26,27)21-11-10-19-8-4-5-9-20(19)16-21/h1-11,16H,12-15,17H2. The van der Waals surface area contributed by atoms with Crippen LogP contribution < -0.4 is 0 Å². The van der Waals surface area contributed by atoms with E-state index in [-0.39, 0.29) is 24.6 Å². The van der Waals surface area contributed by atoms with E-state index < -0.39 is 16.1 Å². The van der Waals surface area contributed by atoms with Crippen LogP contribution in [-0.2, 0) is 21.4 Å². The van der Waals surface area contributed by atoms with Crippen molar-refractivity contribution in [2.24, 2.45) is 0 Å². The smallest absolute Gasteiger partial charge is 0.410 e. The molecule has 0 N–H and O–H groups in total. The number of sulfonamides is 1. The number of benzene rings is 3. The van der Waals surface area contributed by atoms with Crippen molar-refractivity contribution in [1.82, 2.24) is 9.21 Å². The zero-order valence-corrected chi connectivity index (χ0v) is 16.7. The summed E-state index contributed by atoms with van der Waals surface area (Å²) in [5, 5.41) is 1.88. The lowest BCUT2D eigenvalue weighted by atomic mass is 10.1. The Bertz CT molecular complexity index is 1110. The fourth-order valence-corrected chi connectivity index (χ4v) is 4.86. The van der Waals surface area contributed by atoms with Crippen molar-refractivity contribution in [1.29, 1.82) is 0 Å². The van der Waals surface area contributed by atoms with E-state index >= 15 is 0 Å². The lowest BCUT2D eigenvalue weighted by Crippen LogP contribution is -2.50. The largest absolute Gasteiger partial charge is 0.445 e. The molecule has 1 heterocycles. The van der Waals surface area contributed by atoms with Crippen LogP contribution in [0.25, 0.3) is 10.8 Å². The Morgan fingerprint density at radius 1 is 0.828 bits per heavy atom. The summed E-state index contributed by atoms with van der Waals surface area (Å²) < 4.78 is 32.8. The molecule has 29 heavy (non-hydrogen) atoms. The van der Waals surface area contributed by atoms with Crippen molar-refractivity contribution in [3.05, 3.63) is 78.4 Å². The van der Waals surface area contributed by atoms with Gasteiger partial charge in [0, 0.05) is 26.2 Å². The van der Waals surface area contributed by atoms with Crippen molar-refractivity contribution >= 4 is 26.9 Å². The van der Waals surface area contributed by atoms with Gasteiger partial charge in [-0.05, 0) is 28.5 Å². The number of carbonyl (C=O) groups is 1. The number of ether oxygens (including phenoxy) is 1. The molecule has 1 aliphatic heterocycles. The van der Waals surface area contributed by atoms with Crippen LogP contribution in [0.15, 0.2) is 77.7 Å². The molecule has 0 radical (unpaired) electrons. The first-order valence-corrected chi connectivity index (χ1v) is 10.9. The predicted molar refractivity (Wildman–Crippen MR) is 111 cm³/mol. The highest BCUT2D eigenvalue weighted by atomic mass is 32.2. The molecule has 1 amide bonds. The average molecular weight is 410 g/mol. The van der Waals surface area contributed by atoms with Gasteiger partial charge in [-0.3, -0.25) is 0 Å². The van der Waals surface area contributed by atoms with Crippen LogP contribution in [-0.4, -0.2) is 49.9 Å². The Hall–Kier alpha value is -2.90. The SMILES string of the molecule is O=C(OCc1ccccc1)N1CCN(S(=O)(=O)c2ccc3ccccc3c2)CC1. The summed E-state index contributed by atoms with van der Waals surface area (Å²) in [6, 6.07) is 22.3. The van der Waals surface area contributed by atoms with Gasteiger partial charge in [0.25, 0.3) is 0 Å². The Balaban J connectivity index is 1.38. The van der Waals surface area contributed by atoms with Gasteiger partial charge < -0.3 is 9.64 Å². The zero-order valence-electron chi connectivity index (χ0n) is 15.9. The highest BCUT2D eigenvalue weighted by Gasteiger charge is 2.30. The first-order valence-electron chi connectivity index (χ1n) is 9.49. The quantitative estimate of drug-likeness (QED) is 0.660. The number of nitrogens with zero attached hydrogens (tertiary/aromatic N) is 2. The summed E-state index contributed by atoms with van der Waals surface area (Å²) >= 11 is 0. The average Bonchev–Trinajstić information content (AvgIpc) is 2.78. The van der Waals surface area contributed by atoms with Gasteiger partial charge in [-0.2, -0.15) is 4.31 Å². The maximum absolute atomic E-state index is 13.0. The van der Waals surface area contributed by atoms with E-state index in [0.717, 1.165) is 16.3 Å². The normalized spacial score (nSPS) is 15.4. The fraction of sp³-hybridized carbons (Fsp3) is 0.227. The summed E-state index contributed by atoms with van der Waals surface area (Å²) in [6.07, 6.45) is -0.420. The fourth-order valence-electron chi connectivity index (χ4n) is 3.40. The van der Waals surface area contributed by atoms with Gasteiger partial charge in [-0.25, -0.2) is 13.2 Å². The van der Waals surface area contributed by atoms with Crippen molar-refractivity contribution in [3.63, 3.8) is 0 Å². The van der Waals surface area contributed by atoms with E-state index in [1.54, 1.807) is 17.0 Å². The molecular weight excluding hydrogens is 388 g/mol. The molecule has 3 aromatic rings. The molecule has 0 unspecified atom stereocenters. The van der Waals surface area contributed by atoms with Crippen LogP contribution in [0, 0.1) is 0 Å². The second kappa shape index (κ2) is 8.23. The van der Waals surface area contributed by atoms with E-state index in [1.165, 1.54) is 4.31 Å². The van der Waals surface area contributed by atoms with Gasteiger partial charge in [0.15, 0.2) is 0 Å². The van der Waals surface area contributed by atoms with Crippen molar-refractivity contribution in [3.8, 4) is 0 Å². The maximum Gasteiger partial charge on any atom is 0.410 e. The number of amides is 1. The predicted octanol–water partition coefficient (Wildman–Crippen LogP) is 3.48. The minimum atomic E-state index is -3.60. The first-order chi connectivity index (χ1) is 14.0. The lowest BCUT2D eigenvalue weighted by molar-refractivity contribution is 0.0838. The van der Waals surface area contributed by atoms with Crippen LogP contribution in [0.2, 0.25) is 0 Å². The molecule has 1 saturated heterocycles. The molecule has 0 atom stereocenters. The number of piperazine rings is 1. The second-order valence-electron chi connectivity index (χ2n) is 6.94. The molecule has 0 spiro atoms. The van der Waals surface area contributed by atoms with E-state index in [1.807, 2.05) is 60.7 Å². The topological polar surface area (TPSA) is 66.9 Å². The molecule has 0 aromatic heterocycles. The second-order valence-corrected chi connectivity index (χ2v) is 8.88. The Morgan fingerprint density at radius 2 is 1.48 bits per heavy atom. The molecule has 0 bridgehead atoms. The number of hydrogen-bond acceptors (Lipinski definition) is 4. The van der Waals surface area contributed by atoms with Gasteiger partial charge >= 0.3 is 6.09 Å². The van der Waals surface area contributed by atoms with E-state index in [2.05, 4.69) is 0 Å². The third-order valence-corrected chi connectivity index (χ3v) is 6.96. The Kier molecular flexibility index (Phi) is 5.51. The monoisotopic (exact) mass is 410 g/mol. The highest BCUT2D eigenvalue weighted by molar-refractivity contribution is 7.89. The van der Waals surface area contributed by atoms with Crippen molar-refractivity contribution < 1.29 is 17.9 Å². The third kappa shape index (κ3) is 4.26. The molecule has 150 valence electrons. The molecule has 0 aliphatic carbocycles. The first kappa shape index (κ1) is 19.4. The summed E-state index contributed by atoms with van der Waals surface area (Å²) in [7, 11) is -3.60. The Morgan fingerprint density at radius 3 is 2.21 bits per heavy atom. The van der Waals surface area contributed by atoms with Gasteiger partial charge in [-0.15, -0.1) is 0 Å². The van der Waals surface area contributed by atoms with Crippen molar-refractivity contribution in [2.45, 2.75) is 11.5 Å². The molecule has 0 saturated carbocycles. The zero-order chi connectivity index (χ0) is 20.3. The minimum Gasteiger partial charge on any atom is -0.445 e. The van der Waals surface area contributed by atoms with Crippen molar-refractivity contribution in [2.75, 3.05) is 26.2 Å². The maximum atomic E-state index is 13.0. The van der Waals surface area contributed by atoms with E-state index in [9.17, 15) is 13.2 Å². The summed E-state index contributed by atoms with van der Waals surface area (Å²) in [6.45, 7) is 1.31. The van der Waals surface area contributed by atoms with Crippen LogP contribution in [0.4, 0.5) is 4.79 Å². The van der Waals surface area contributed by atoms with Crippen LogP contribution in [0.1, 0.15) is 5.56 Å². The highest BCUT2D eigenvalue weighted by Crippen LogP contribution is 2.23. The third-order valence-electron chi connectivity index (χ3n) is 5.06. The van der Waals surface area contributed by atoms with Gasteiger partial charge in [0.1, 0.15) is 6.61 Å². The van der Waals surface area contributed by atoms with Crippen LogP contribution in [0.3, 0.4) is 0 Å². The Labute approximate surface area is 170 Å². The number of carbonyl (C=O) groups excluding carboxylic acids is 1. The molecule has 4 rings (SSSR count). The number of rotatable bonds is 4. The van der Waals surface area contributed by atoms with Crippen LogP contribution >= 0.6 is 0 Å². The van der Waals surface area contributed by atoms with Gasteiger partial charge in [0.05, 0.1) is 4.90 Å². The molecule has 7 heteroatoms. The number of fused-ring (bicyclic) bond motifs is 1. The molecule has 1 fully saturated rings. The van der Waals surface area contributed by atoms with E-state index in [4.69, 9.17) is 4.74 Å². The molecule has 6 nitrogen and oxygen atoms in total. The lowest BCUT2D eigenvalue weighted by Gasteiger charge is -2.33. The molecule has 1 aliphatic rings. The van der Waals surface area contributed by atoms with Gasteiger partial charge in [0.2, 0.25) is 10.0 Å². The van der Waals surface area contributed by atoms with E-state index in [0.29, 0.717) is 13.1 Å². The summed E-state index contributed by atoms with van der Waals surface area (Å²) in [4.78, 5) is 14.1. The number of hydrogen-bond donors (Lipinski definition) is 0.